The van der Waals surface area contributed by atoms with Crippen molar-refractivity contribution in [3.63, 3.8) is 0 Å². The van der Waals surface area contributed by atoms with Crippen LogP contribution < -0.4 is 10.6 Å². The van der Waals surface area contributed by atoms with E-state index in [1.54, 1.807) is 6.07 Å². The molecule has 0 aliphatic carbocycles. The van der Waals surface area contributed by atoms with E-state index in [1.807, 2.05) is 11.9 Å². The van der Waals surface area contributed by atoms with E-state index < -0.39 is 0 Å². The first-order valence-electron chi connectivity index (χ1n) is 6.29. The van der Waals surface area contributed by atoms with Crippen molar-refractivity contribution in [1.82, 2.24) is 0 Å². The first-order valence-corrected chi connectivity index (χ1v) is 6.29. The Bertz CT molecular complexity index is 593. The summed E-state index contributed by atoms with van der Waals surface area (Å²) in [4.78, 5) is 2.03. The third kappa shape index (κ3) is 3.05. The molecule has 0 aliphatic rings. The summed E-state index contributed by atoms with van der Waals surface area (Å²) in [6.07, 6.45) is 0. The number of hydrogen-bond acceptors (Lipinski definition) is 2. The van der Waals surface area contributed by atoms with Gasteiger partial charge in [-0.25, -0.2) is 4.39 Å². The number of halogens is 1. The van der Waals surface area contributed by atoms with Crippen molar-refractivity contribution in [2.45, 2.75) is 20.4 Å². The van der Waals surface area contributed by atoms with Crippen molar-refractivity contribution in [3.05, 3.63) is 58.9 Å². The van der Waals surface area contributed by atoms with Crippen LogP contribution in [0.5, 0.6) is 0 Å². The molecule has 0 bridgehead atoms. The fourth-order valence-electron chi connectivity index (χ4n) is 2.13. The summed E-state index contributed by atoms with van der Waals surface area (Å²) in [5.74, 6) is -0.305. The lowest BCUT2D eigenvalue weighted by molar-refractivity contribution is 0.628. The van der Waals surface area contributed by atoms with Crippen LogP contribution in [-0.4, -0.2) is 7.05 Å². The van der Waals surface area contributed by atoms with Gasteiger partial charge in [0.1, 0.15) is 5.82 Å². The molecular formula is C16H19FN2. The quantitative estimate of drug-likeness (QED) is 0.851. The number of rotatable bonds is 3. The molecule has 0 heterocycles. The molecule has 0 spiro atoms. The minimum atomic E-state index is -0.305. The molecule has 0 atom stereocenters. The van der Waals surface area contributed by atoms with Crippen LogP contribution in [0.2, 0.25) is 0 Å². The van der Waals surface area contributed by atoms with Crippen LogP contribution in [0.3, 0.4) is 0 Å². The number of benzene rings is 2. The second-order valence-electron chi connectivity index (χ2n) is 4.98. The van der Waals surface area contributed by atoms with Crippen LogP contribution in [0.1, 0.15) is 16.7 Å². The molecule has 19 heavy (non-hydrogen) atoms. The molecule has 2 N–H and O–H groups in total. The Labute approximate surface area is 113 Å². The lowest BCUT2D eigenvalue weighted by Gasteiger charge is -2.21. The molecule has 0 aliphatic heterocycles. The van der Waals surface area contributed by atoms with Crippen molar-refractivity contribution >= 4 is 11.4 Å². The Hall–Kier alpha value is -2.03. The second-order valence-corrected chi connectivity index (χ2v) is 4.98. The highest BCUT2D eigenvalue weighted by Gasteiger charge is 2.07. The fraction of sp³-hybridized carbons (Fsp3) is 0.250. The largest absolute Gasteiger partial charge is 0.397 e. The molecule has 0 fully saturated rings. The average molecular weight is 258 g/mol. The normalized spacial score (nSPS) is 10.5. The van der Waals surface area contributed by atoms with Crippen LogP contribution in [0.25, 0.3) is 0 Å². The van der Waals surface area contributed by atoms with Crippen LogP contribution in [0.4, 0.5) is 15.8 Å². The molecule has 2 aromatic carbocycles. The maximum absolute atomic E-state index is 13.0. The number of nitrogen functional groups attached to an aromatic ring is 1. The van der Waals surface area contributed by atoms with Gasteiger partial charge in [0, 0.05) is 13.6 Å². The fourth-order valence-corrected chi connectivity index (χ4v) is 2.13. The molecule has 0 saturated heterocycles. The Kier molecular flexibility index (Phi) is 3.74. The smallest absolute Gasteiger partial charge is 0.125 e. The highest BCUT2D eigenvalue weighted by Crippen LogP contribution is 2.24. The van der Waals surface area contributed by atoms with Gasteiger partial charge in [0.15, 0.2) is 0 Å². The molecule has 2 nitrogen and oxygen atoms in total. The number of hydrogen-bond donors (Lipinski definition) is 1. The topological polar surface area (TPSA) is 29.3 Å². The molecule has 0 unspecified atom stereocenters. The van der Waals surface area contributed by atoms with Gasteiger partial charge in [-0.15, -0.1) is 0 Å². The van der Waals surface area contributed by atoms with Gasteiger partial charge in [0.2, 0.25) is 0 Å². The van der Waals surface area contributed by atoms with E-state index in [9.17, 15) is 4.39 Å². The standard InChI is InChI=1S/C16H19FN2/c1-11-4-5-13(8-12(11)2)10-19(3)16-7-6-14(17)9-15(16)18/h4-9H,10,18H2,1-3H3. The van der Waals surface area contributed by atoms with Crippen LogP contribution in [-0.2, 0) is 6.54 Å². The molecule has 0 radical (unpaired) electrons. The lowest BCUT2D eigenvalue weighted by atomic mass is 10.1. The van der Waals surface area contributed by atoms with E-state index in [2.05, 4.69) is 32.0 Å². The zero-order valence-electron chi connectivity index (χ0n) is 11.6. The number of aryl methyl sites for hydroxylation is 2. The Morgan fingerprint density at radius 1 is 1.05 bits per heavy atom. The summed E-state index contributed by atoms with van der Waals surface area (Å²) in [7, 11) is 1.96. The highest BCUT2D eigenvalue weighted by molar-refractivity contribution is 5.67. The Morgan fingerprint density at radius 3 is 2.42 bits per heavy atom. The predicted molar refractivity (Wildman–Crippen MR) is 78.8 cm³/mol. The molecule has 0 saturated carbocycles. The summed E-state index contributed by atoms with van der Waals surface area (Å²) in [6, 6.07) is 10.9. The molecule has 2 aromatic rings. The Morgan fingerprint density at radius 2 is 1.79 bits per heavy atom. The number of anilines is 2. The van der Waals surface area contributed by atoms with E-state index >= 15 is 0 Å². The van der Waals surface area contributed by atoms with Gasteiger partial charge >= 0.3 is 0 Å². The van der Waals surface area contributed by atoms with Crippen molar-refractivity contribution in [2.24, 2.45) is 0 Å². The van der Waals surface area contributed by atoms with Crippen molar-refractivity contribution in [2.75, 3.05) is 17.7 Å². The minimum absolute atomic E-state index is 0.305. The molecule has 100 valence electrons. The van der Waals surface area contributed by atoms with Crippen molar-refractivity contribution < 1.29 is 4.39 Å². The summed E-state index contributed by atoms with van der Waals surface area (Å²) >= 11 is 0. The monoisotopic (exact) mass is 258 g/mol. The molecule has 2 rings (SSSR count). The van der Waals surface area contributed by atoms with Gasteiger partial charge < -0.3 is 10.6 Å². The molecule has 0 aromatic heterocycles. The van der Waals surface area contributed by atoms with Gasteiger partial charge in [-0.3, -0.25) is 0 Å². The van der Waals surface area contributed by atoms with Gasteiger partial charge in [-0.1, -0.05) is 18.2 Å². The SMILES string of the molecule is Cc1ccc(CN(C)c2ccc(F)cc2N)cc1C. The van der Waals surface area contributed by atoms with E-state index in [-0.39, 0.29) is 5.82 Å². The summed E-state index contributed by atoms with van der Waals surface area (Å²) < 4.78 is 13.0. The van der Waals surface area contributed by atoms with Crippen molar-refractivity contribution in [1.29, 1.82) is 0 Å². The maximum atomic E-state index is 13.0. The second kappa shape index (κ2) is 5.31. The first kappa shape index (κ1) is 13.4. The van der Waals surface area contributed by atoms with E-state index in [0.717, 1.165) is 12.2 Å². The number of nitrogens with zero attached hydrogens (tertiary/aromatic N) is 1. The van der Waals surface area contributed by atoms with Gasteiger partial charge in [-0.05, 0) is 48.7 Å². The predicted octanol–water partition coefficient (Wildman–Crippen LogP) is 3.66. The highest BCUT2D eigenvalue weighted by atomic mass is 19.1. The van der Waals surface area contributed by atoms with E-state index in [1.165, 1.54) is 28.8 Å². The third-order valence-electron chi connectivity index (χ3n) is 3.39. The van der Waals surface area contributed by atoms with Gasteiger partial charge in [0.05, 0.1) is 11.4 Å². The van der Waals surface area contributed by atoms with Crippen molar-refractivity contribution in [3.8, 4) is 0 Å². The molecular weight excluding hydrogens is 239 g/mol. The summed E-state index contributed by atoms with van der Waals surface area (Å²) in [5.41, 5.74) is 10.9. The zero-order valence-corrected chi connectivity index (χ0v) is 11.6. The lowest BCUT2D eigenvalue weighted by Crippen LogP contribution is -2.18. The molecule has 0 amide bonds. The van der Waals surface area contributed by atoms with Gasteiger partial charge in [-0.2, -0.15) is 0 Å². The van der Waals surface area contributed by atoms with Crippen LogP contribution in [0, 0.1) is 19.7 Å². The Balaban J connectivity index is 2.20. The van der Waals surface area contributed by atoms with E-state index in [4.69, 9.17) is 5.73 Å². The maximum Gasteiger partial charge on any atom is 0.125 e. The first-order chi connectivity index (χ1) is 8.97. The average Bonchev–Trinajstić information content (AvgIpc) is 2.33. The third-order valence-corrected chi connectivity index (χ3v) is 3.39. The summed E-state index contributed by atoms with van der Waals surface area (Å²) in [5, 5.41) is 0. The van der Waals surface area contributed by atoms with Gasteiger partial charge in [0.25, 0.3) is 0 Å². The van der Waals surface area contributed by atoms with Crippen LogP contribution >= 0.6 is 0 Å². The summed E-state index contributed by atoms with van der Waals surface area (Å²) in [6.45, 7) is 4.95. The van der Waals surface area contributed by atoms with Crippen LogP contribution in [0.15, 0.2) is 36.4 Å². The minimum Gasteiger partial charge on any atom is -0.397 e. The molecule has 3 heteroatoms. The van der Waals surface area contributed by atoms with E-state index in [0.29, 0.717) is 5.69 Å². The number of nitrogens with two attached hydrogens (primary N) is 1. The zero-order chi connectivity index (χ0) is 14.0.